The zero-order valence-electron chi connectivity index (χ0n) is 15.9. The van der Waals surface area contributed by atoms with Crippen molar-refractivity contribution >= 4 is 5.91 Å². The highest BCUT2D eigenvalue weighted by Crippen LogP contribution is 2.57. The second kappa shape index (κ2) is 7.59. The summed E-state index contributed by atoms with van der Waals surface area (Å²) in [5, 5.41) is 6.81. The van der Waals surface area contributed by atoms with Gasteiger partial charge in [-0.2, -0.15) is 0 Å². The Morgan fingerprint density at radius 2 is 2.27 bits per heavy atom. The van der Waals surface area contributed by atoms with Gasteiger partial charge in [0, 0.05) is 6.54 Å². The number of nitrogens with one attached hydrogen (secondary N) is 2. The second-order valence-corrected chi connectivity index (χ2v) is 8.69. The van der Waals surface area contributed by atoms with Crippen molar-refractivity contribution < 1.29 is 9.53 Å². The minimum Gasteiger partial charge on any atom is -0.497 e. The van der Waals surface area contributed by atoms with Gasteiger partial charge in [-0.25, -0.2) is 0 Å². The summed E-state index contributed by atoms with van der Waals surface area (Å²) in [5.41, 5.74) is 1.02. The van der Waals surface area contributed by atoms with E-state index in [1.165, 1.54) is 37.7 Å². The van der Waals surface area contributed by atoms with Gasteiger partial charge in [-0.3, -0.25) is 4.79 Å². The molecule has 4 heteroatoms. The van der Waals surface area contributed by atoms with E-state index in [9.17, 15) is 4.79 Å². The fraction of sp³-hybridized carbons (Fsp3) is 0.682. The van der Waals surface area contributed by atoms with E-state index in [0.717, 1.165) is 44.1 Å². The number of benzene rings is 1. The van der Waals surface area contributed by atoms with Crippen LogP contribution in [0.15, 0.2) is 24.3 Å². The van der Waals surface area contributed by atoms with Crippen LogP contribution in [-0.2, 0) is 11.2 Å². The van der Waals surface area contributed by atoms with Crippen molar-refractivity contribution in [2.75, 3.05) is 26.7 Å². The van der Waals surface area contributed by atoms with Gasteiger partial charge in [0.2, 0.25) is 5.91 Å². The first-order chi connectivity index (χ1) is 12.7. The molecule has 1 heterocycles. The van der Waals surface area contributed by atoms with Gasteiger partial charge >= 0.3 is 0 Å². The predicted molar refractivity (Wildman–Crippen MR) is 103 cm³/mol. The molecule has 0 radical (unpaired) electrons. The van der Waals surface area contributed by atoms with Crippen molar-refractivity contribution in [2.45, 2.75) is 44.9 Å². The Bertz CT molecular complexity index is 641. The Morgan fingerprint density at radius 3 is 2.96 bits per heavy atom. The maximum absolute atomic E-state index is 13.4. The van der Waals surface area contributed by atoms with Gasteiger partial charge in [-0.05, 0) is 87.1 Å². The summed E-state index contributed by atoms with van der Waals surface area (Å²) in [6.45, 7) is 2.98. The van der Waals surface area contributed by atoms with Crippen LogP contribution in [0.3, 0.4) is 0 Å². The van der Waals surface area contributed by atoms with Gasteiger partial charge in [-0.15, -0.1) is 0 Å². The molecule has 2 aliphatic carbocycles. The molecular weight excluding hydrogens is 324 g/mol. The number of methoxy groups -OCH3 is 1. The fourth-order valence-electron chi connectivity index (χ4n) is 5.68. The van der Waals surface area contributed by atoms with Crippen LogP contribution < -0.4 is 15.4 Å². The van der Waals surface area contributed by atoms with Crippen LogP contribution >= 0.6 is 0 Å². The molecule has 26 heavy (non-hydrogen) atoms. The lowest BCUT2D eigenvalue weighted by molar-refractivity contribution is -0.134. The lowest BCUT2D eigenvalue weighted by atomic mass is 9.68. The average Bonchev–Trinajstić information content (AvgIpc) is 3.29. The summed E-state index contributed by atoms with van der Waals surface area (Å²) in [4.78, 5) is 13.4. The van der Waals surface area contributed by atoms with Crippen molar-refractivity contribution in [3.05, 3.63) is 29.8 Å². The monoisotopic (exact) mass is 356 g/mol. The summed E-state index contributed by atoms with van der Waals surface area (Å²) in [5.74, 6) is 3.06. The Balaban J connectivity index is 1.49. The Hall–Kier alpha value is -1.55. The molecule has 142 valence electrons. The topological polar surface area (TPSA) is 50.4 Å². The molecule has 3 fully saturated rings. The fourth-order valence-corrected chi connectivity index (χ4v) is 5.68. The van der Waals surface area contributed by atoms with Crippen molar-refractivity contribution in [3.8, 4) is 5.75 Å². The highest BCUT2D eigenvalue weighted by Gasteiger charge is 2.55. The number of hydrogen-bond donors (Lipinski definition) is 2. The zero-order valence-corrected chi connectivity index (χ0v) is 15.9. The first-order valence-corrected chi connectivity index (χ1v) is 10.3. The molecule has 2 saturated carbocycles. The van der Waals surface area contributed by atoms with Gasteiger partial charge in [0.1, 0.15) is 5.75 Å². The Labute approximate surface area is 157 Å². The highest BCUT2D eigenvalue weighted by molar-refractivity contribution is 5.84. The molecule has 1 aromatic carbocycles. The molecule has 0 aromatic heterocycles. The molecule has 2 N–H and O–H groups in total. The minimum absolute atomic E-state index is 0.211. The number of hydrogen-bond acceptors (Lipinski definition) is 3. The zero-order chi connectivity index (χ0) is 18.0. The van der Waals surface area contributed by atoms with E-state index >= 15 is 0 Å². The van der Waals surface area contributed by atoms with Crippen molar-refractivity contribution in [3.63, 3.8) is 0 Å². The van der Waals surface area contributed by atoms with Crippen LogP contribution in [-0.4, -0.2) is 32.7 Å². The van der Waals surface area contributed by atoms with E-state index in [0.29, 0.717) is 17.7 Å². The molecule has 1 saturated heterocycles. The summed E-state index contributed by atoms with van der Waals surface area (Å²) in [7, 11) is 1.71. The summed E-state index contributed by atoms with van der Waals surface area (Å²) < 4.78 is 5.39. The normalized spacial score (nSPS) is 33.2. The van der Waals surface area contributed by atoms with Crippen LogP contribution in [0.1, 0.15) is 44.1 Å². The predicted octanol–water partition coefficient (Wildman–Crippen LogP) is 3.16. The Morgan fingerprint density at radius 1 is 1.35 bits per heavy atom. The van der Waals surface area contributed by atoms with Crippen LogP contribution in [0, 0.1) is 23.2 Å². The molecule has 4 unspecified atom stereocenters. The van der Waals surface area contributed by atoms with Crippen LogP contribution in [0.5, 0.6) is 5.75 Å². The summed E-state index contributed by atoms with van der Waals surface area (Å²) in [6.07, 6.45) is 8.12. The molecule has 4 rings (SSSR count). The van der Waals surface area contributed by atoms with E-state index in [1.807, 2.05) is 12.1 Å². The Kier molecular flexibility index (Phi) is 5.21. The van der Waals surface area contributed by atoms with E-state index < -0.39 is 0 Å². The molecule has 1 aromatic rings. The molecule has 4 atom stereocenters. The number of amides is 1. The van der Waals surface area contributed by atoms with Crippen LogP contribution in [0.25, 0.3) is 0 Å². The number of ether oxygens (including phenoxy) is 1. The molecule has 1 amide bonds. The number of fused-ring (bicyclic) bond motifs is 2. The van der Waals surface area contributed by atoms with Gasteiger partial charge < -0.3 is 15.4 Å². The van der Waals surface area contributed by atoms with E-state index in [2.05, 4.69) is 22.8 Å². The van der Waals surface area contributed by atoms with Crippen molar-refractivity contribution in [2.24, 2.45) is 23.2 Å². The molecule has 3 aliphatic rings. The minimum atomic E-state index is -0.211. The molecular formula is C22H32N2O2. The SMILES string of the molecule is COc1cccc(CC2(C(=O)NCC3CCCNC3)CC3CCC2C3)c1. The van der Waals surface area contributed by atoms with Crippen LogP contribution in [0.2, 0.25) is 0 Å². The lowest BCUT2D eigenvalue weighted by Crippen LogP contribution is -2.48. The number of carbonyl (C=O) groups is 1. The van der Waals surface area contributed by atoms with Crippen molar-refractivity contribution in [1.29, 1.82) is 0 Å². The number of carbonyl (C=O) groups excluding carboxylic acids is 1. The maximum Gasteiger partial charge on any atom is 0.226 e. The second-order valence-electron chi connectivity index (χ2n) is 8.69. The quantitative estimate of drug-likeness (QED) is 0.823. The largest absolute Gasteiger partial charge is 0.497 e. The van der Waals surface area contributed by atoms with Gasteiger partial charge in [0.25, 0.3) is 0 Å². The van der Waals surface area contributed by atoms with E-state index in [-0.39, 0.29) is 5.41 Å². The van der Waals surface area contributed by atoms with Gasteiger partial charge in [0.15, 0.2) is 0 Å². The summed E-state index contributed by atoms with van der Waals surface area (Å²) in [6, 6.07) is 8.27. The average molecular weight is 357 g/mol. The first kappa shape index (κ1) is 17.8. The van der Waals surface area contributed by atoms with Crippen LogP contribution in [0.4, 0.5) is 0 Å². The maximum atomic E-state index is 13.4. The van der Waals surface area contributed by atoms with Gasteiger partial charge in [0.05, 0.1) is 12.5 Å². The molecule has 0 spiro atoms. The van der Waals surface area contributed by atoms with E-state index in [1.54, 1.807) is 7.11 Å². The lowest BCUT2D eigenvalue weighted by Gasteiger charge is -2.37. The third kappa shape index (κ3) is 3.48. The van der Waals surface area contributed by atoms with E-state index in [4.69, 9.17) is 4.74 Å². The highest BCUT2D eigenvalue weighted by atomic mass is 16.5. The van der Waals surface area contributed by atoms with Crippen molar-refractivity contribution in [1.82, 2.24) is 10.6 Å². The molecule has 1 aliphatic heterocycles. The summed E-state index contributed by atoms with van der Waals surface area (Å²) >= 11 is 0. The number of rotatable bonds is 6. The third-order valence-corrected chi connectivity index (χ3v) is 7.03. The van der Waals surface area contributed by atoms with Gasteiger partial charge in [-0.1, -0.05) is 18.6 Å². The smallest absolute Gasteiger partial charge is 0.226 e. The number of piperidine rings is 1. The molecule has 4 nitrogen and oxygen atoms in total. The third-order valence-electron chi connectivity index (χ3n) is 7.03. The first-order valence-electron chi connectivity index (χ1n) is 10.3. The molecule has 2 bridgehead atoms. The standard InChI is InChI=1S/C22H32N2O2/c1-26-20-6-2-4-16(11-20)12-22(13-17-7-8-19(22)10-17)21(25)24-15-18-5-3-9-23-14-18/h2,4,6,11,17-19,23H,3,5,7-10,12-15H2,1H3,(H,24,25).